The van der Waals surface area contributed by atoms with Crippen LogP contribution in [0.3, 0.4) is 0 Å². The van der Waals surface area contributed by atoms with Crippen LogP contribution in [-0.4, -0.2) is 36.1 Å². The number of anilines is 2. The van der Waals surface area contributed by atoms with E-state index in [2.05, 4.69) is 20.6 Å². The Morgan fingerprint density at radius 2 is 1.82 bits per heavy atom. The summed E-state index contributed by atoms with van der Waals surface area (Å²) >= 11 is 5.94. The van der Waals surface area contributed by atoms with Crippen LogP contribution in [0.1, 0.15) is 16.9 Å². The van der Waals surface area contributed by atoms with Crippen LogP contribution in [0.5, 0.6) is 0 Å². The number of ether oxygens (including phenoxy) is 1. The van der Waals surface area contributed by atoms with E-state index in [1.807, 2.05) is 42.5 Å². The van der Waals surface area contributed by atoms with E-state index < -0.39 is 0 Å². The van der Waals surface area contributed by atoms with Crippen molar-refractivity contribution in [2.24, 2.45) is 0 Å². The van der Waals surface area contributed by atoms with E-state index in [4.69, 9.17) is 16.3 Å². The fourth-order valence-corrected chi connectivity index (χ4v) is 2.66. The zero-order chi connectivity index (χ0) is 19.8. The van der Waals surface area contributed by atoms with Crippen molar-refractivity contribution in [3.63, 3.8) is 0 Å². The highest BCUT2D eigenvalue weighted by Gasteiger charge is 2.13. The van der Waals surface area contributed by atoms with Crippen LogP contribution >= 0.6 is 11.6 Å². The van der Waals surface area contributed by atoms with Crippen molar-refractivity contribution in [1.29, 1.82) is 0 Å². The van der Waals surface area contributed by atoms with E-state index in [0.29, 0.717) is 35.5 Å². The molecule has 2 aromatic carbocycles. The molecule has 1 amide bonds. The molecule has 28 heavy (non-hydrogen) atoms. The molecule has 2 N–H and O–H groups in total. The Morgan fingerprint density at radius 1 is 1.07 bits per heavy atom. The highest BCUT2D eigenvalue weighted by atomic mass is 35.5. The predicted octanol–water partition coefficient (Wildman–Crippen LogP) is 4.31. The number of carbonyl (C=O) groups excluding carboxylic acids is 1. The molecule has 0 atom stereocenters. The molecule has 144 valence electrons. The Morgan fingerprint density at radius 3 is 2.54 bits per heavy atom. The summed E-state index contributed by atoms with van der Waals surface area (Å²) in [6.07, 6.45) is 0.731. The van der Waals surface area contributed by atoms with Gasteiger partial charge in [0.25, 0.3) is 5.91 Å². The molecule has 0 fully saturated rings. The van der Waals surface area contributed by atoms with Crippen LogP contribution in [0.2, 0.25) is 5.02 Å². The number of rotatable bonds is 8. The molecule has 7 heteroatoms. The summed E-state index contributed by atoms with van der Waals surface area (Å²) in [4.78, 5) is 21.6. The van der Waals surface area contributed by atoms with Gasteiger partial charge in [-0.3, -0.25) is 4.79 Å². The van der Waals surface area contributed by atoms with Crippen LogP contribution in [0, 0.1) is 0 Å². The minimum absolute atomic E-state index is 0.255. The summed E-state index contributed by atoms with van der Waals surface area (Å²) in [5, 5.41) is 6.71. The lowest BCUT2D eigenvalue weighted by atomic mass is 10.2. The largest absolute Gasteiger partial charge is 0.385 e. The van der Waals surface area contributed by atoms with Crippen molar-refractivity contribution in [2.45, 2.75) is 6.42 Å². The van der Waals surface area contributed by atoms with E-state index in [9.17, 15) is 4.79 Å². The van der Waals surface area contributed by atoms with Crippen molar-refractivity contribution < 1.29 is 9.53 Å². The van der Waals surface area contributed by atoms with Gasteiger partial charge >= 0.3 is 0 Å². The Hall–Kier alpha value is -2.96. The van der Waals surface area contributed by atoms with Gasteiger partial charge in [0.05, 0.1) is 0 Å². The topological polar surface area (TPSA) is 76.1 Å². The molecule has 0 saturated heterocycles. The minimum Gasteiger partial charge on any atom is -0.385 e. The van der Waals surface area contributed by atoms with Gasteiger partial charge in [0.2, 0.25) is 0 Å². The van der Waals surface area contributed by atoms with Gasteiger partial charge in [-0.2, -0.15) is 0 Å². The first kappa shape index (κ1) is 19.8. The number of hydrogen-bond donors (Lipinski definition) is 2. The number of amides is 1. The van der Waals surface area contributed by atoms with Gasteiger partial charge in [-0.15, -0.1) is 0 Å². The van der Waals surface area contributed by atoms with Gasteiger partial charge in [-0.25, -0.2) is 9.97 Å². The molecule has 0 aliphatic heterocycles. The number of aromatic nitrogens is 2. The average Bonchev–Trinajstić information content (AvgIpc) is 2.73. The summed E-state index contributed by atoms with van der Waals surface area (Å²) in [5.41, 5.74) is 1.94. The number of methoxy groups -OCH3 is 1. The second-order valence-corrected chi connectivity index (χ2v) is 6.50. The van der Waals surface area contributed by atoms with Gasteiger partial charge < -0.3 is 15.4 Å². The quantitative estimate of drug-likeness (QED) is 0.555. The molecule has 6 nitrogen and oxygen atoms in total. The molecule has 0 spiro atoms. The van der Waals surface area contributed by atoms with Gasteiger partial charge in [-0.1, -0.05) is 41.9 Å². The summed E-state index contributed by atoms with van der Waals surface area (Å²) < 4.78 is 5.00. The Balaban J connectivity index is 1.87. The maximum Gasteiger partial charge on any atom is 0.270 e. The van der Waals surface area contributed by atoms with Crippen molar-refractivity contribution >= 4 is 29.0 Å². The molecule has 0 aliphatic carbocycles. The van der Waals surface area contributed by atoms with Crippen LogP contribution in [0.15, 0.2) is 60.7 Å². The van der Waals surface area contributed by atoms with Crippen LogP contribution in [0.4, 0.5) is 11.5 Å². The van der Waals surface area contributed by atoms with Gasteiger partial charge in [0.1, 0.15) is 11.5 Å². The molecule has 0 aliphatic rings. The maximum absolute atomic E-state index is 12.6. The Labute approximate surface area is 168 Å². The zero-order valence-corrected chi connectivity index (χ0v) is 16.2. The predicted molar refractivity (Wildman–Crippen MR) is 111 cm³/mol. The highest BCUT2D eigenvalue weighted by Crippen LogP contribution is 2.22. The zero-order valence-electron chi connectivity index (χ0n) is 15.5. The number of nitrogens with one attached hydrogen (secondary N) is 2. The standard InChI is InChI=1S/C21H21ClN4O2/c1-28-13-5-12-23-21(27)18-14-19(24-17-10-8-16(22)9-11-17)26-20(25-18)15-6-3-2-4-7-15/h2-4,6-11,14H,5,12-13H2,1H3,(H,23,27)(H,24,25,26). The van der Waals surface area contributed by atoms with Gasteiger partial charge in [-0.05, 0) is 30.7 Å². The van der Waals surface area contributed by atoms with Crippen molar-refractivity contribution in [2.75, 3.05) is 25.6 Å². The monoisotopic (exact) mass is 396 g/mol. The molecule has 1 heterocycles. The summed E-state index contributed by atoms with van der Waals surface area (Å²) in [6, 6.07) is 18.4. The number of nitrogens with zero attached hydrogens (tertiary/aromatic N) is 2. The third-order valence-electron chi connectivity index (χ3n) is 3.92. The molecule has 0 radical (unpaired) electrons. The molecule has 0 saturated carbocycles. The minimum atomic E-state index is -0.255. The number of hydrogen-bond acceptors (Lipinski definition) is 5. The van der Waals surface area contributed by atoms with Gasteiger partial charge in [0.15, 0.2) is 5.82 Å². The molecule has 0 unspecified atom stereocenters. The van der Waals surface area contributed by atoms with E-state index >= 15 is 0 Å². The number of benzene rings is 2. The van der Waals surface area contributed by atoms with Crippen LogP contribution in [0.25, 0.3) is 11.4 Å². The van der Waals surface area contributed by atoms with E-state index in [1.165, 1.54) is 0 Å². The smallest absolute Gasteiger partial charge is 0.270 e. The molecule has 3 rings (SSSR count). The van der Waals surface area contributed by atoms with Crippen molar-refractivity contribution in [3.8, 4) is 11.4 Å². The van der Waals surface area contributed by atoms with E-state index in [-0.39, 0.29) is 5.91 Å². The van der Waals surface area contributed by atoms with Gasteiger partial charge in [0, 0.05) is 42.6 Å². The lowest BCUT2D eigenvalue weighted by molar-refractivity contribution is 0.0943. The Bertz CT molecular complexity index is 917. The number of carbonyl (C=O) groups is 1. The van der Waals surface area contributed by atoms with Crippen molar-refractivity contribution in [1.82, 2.24) is 15.3 Å². The first-order valence-electron chi connectivity index (χ1n) is 8.90. The fourth-order valence-electron chi connectivity index (χ4n) is 2.53. The highest BCUT2D eigenvalue weighted by molar-refractivity contribution is 6.30. The average molecular weight is 397 g/mol. The first-order chi connectivity index (χ1) is 13.7. The summed E-state index contributed by atoms with van der Waals surface area (Å²) in [6.45, 7) is 1.10. The van der Waals surface area contributed by atoms with E-state index in [0.717, 1.165) is 17.7 Å². The fraction of sp³-hybridized carbons (Fsp3) is 0.190. The SMILES string of the molecule is COCCCNC(=O)c1cc(Nc2ccc(Cl)cc2)nc(-c2ccccc2)n1. The third-order valence-corrected chi connectivity index (χ3v) is 4.17. The summed E-state index contributed by atoms with van der Waals surface area (Å²) in [5.74, 6) is 0.745. The molecular weight excluding hydrogens is 376 g/mol. The normalized spacial score (nSPS) is 10.5. The molecular formula is C21H21ClN4O2. The Kier molecular flexibility index (Phi) is 6.94. The van der Waals surface area contributed by atoms with Crippen LogP contribution < -0.4 is 10.6 Å². The molecule has 0 bridgehead atoms. The number of halogens is 1. The molecule has 3 aromatic rings. The first-order valence-corrected chi connectivity index (χ1v) is 9.28. The second-order valence-electron chi connectivity index (χ2n) is 6.06. The van der Waals surface area contributed by atoms with Crippen molar-refractivity contribution in [3.05, 3.63) is 71.4 Å². The summed E-state index contributed by atoms with van der Waals surface area (Å²) in [7, 11) is 1.63. The lowest BCUT2D eigenvalue weighted by Gasteiger charge is -2.11. The second kappa shape index (κ2) is 9.82. The third kappa shape index (κ3) is 5.52. The van der Waals surface area contributed by atoms with E-state index in [1.54, 1.807) is 25.3 Å². The lowest BCUT2D eigenvalue weighted by Crippen LogP contribution is -2.26. The van der Waals surface area contributed by atoms with Crippen LogP contribution in [-0.2, 0) is 4.74 Å². The molecule has 1 aromatic heterocycles. The maximum atomic E-state index is 12.6.